The topological polar surface area (TPSA) is 38.5 Å². The van der Waals surface area contributed by atoms with E-state index in [1.54, 1.807) is 0 Å². The van der Waals surface area contributed by atoms with Crippen molar-refractivity contribution in [2.45, 2.75) is 56.2 Å². The zero-order chi connectivity index (χ0) is 24.4. The fourth-order valence-corrected chi connectivity index (χ4v) is 4.52. The first-order chi connectivity index (χ1) is 15.3. The molecule has 3 rings (SSSR count). The lowest BCUT2D eigenvalue weighted by atomic mass is 9.77. The van der Waals surface area contributed by atoms with Crippen molar-refractivity contribution in [3.8, 4) is 0 Å². The molecule has 2 aromatic carbocycles. The Morgan fingerprint density at radius 2 is 1.61 bits per heavy atom. The Morgan fingerprint density at radius 3 is 2.12 bits per heavy atom. The molecule has 1 aliphatic heterocycles. The molecule has 2 aromatic rings. The summed E-state index contributed by atoms with van der Waals surface area (Å²) in [5.74, 6) is 0. The predicted molar refractivity (Wildman–Crippen MR) is 113 cm³/mol. The Morgan fingerprint density at radius 1 is 1.03 bits per heavy atom. The van der Waals surface area contributed by atoms with Crippen LogP contribution >= 0.6 is 0 Å². The molecule has 1 heterocycles. The monoisotopic (exact) mass is 474 g/mol. The maximum Gasteiger partial charge on any atom is 0.416 e. The SMILES string of the molecule is C[C@@H](OCC[C@@]1(c2ccccc2)CC[C@H](N)CN1C)c1cc(C(F)(F)F)cc(C(F)(F)F)c1. The number of ether oxygens (including phenoxy) is 1. The number of rotatable bonds is 6. The molecule has 0 spiro atoms. The van der Waals surface area contributed by atoms with Gasteiger partial charge in [0.25, 0.3) is 0 Å². The van der Waals surface area contributed by atoms with Crippen LogP contribution in [0.4, 0.5) is 26.3 Å². The highest BCUT2D eigenvalue weighted by Gasteiger charge is 2.40. The zero-order valence-corrected chi connectivity index (χ0v) is 18.5. The quantitative estimate of drug-likeness (QED) is 0.511. The molecule has 1 fully saturated rings. The molecule has 0 saturated carbocycles. The minimum atomic E-state index is -4.89. The molecule has 0 bridgehead atoms. The van der Waals surface area contributed by atoms with Gasteiger partial charge in [-0.15, -0.1) is 0 Å². The van der Waals surface area contributed by atoms with E-state index in [-0.39, 0.29) is 29.8 Å². The number of nitrogens with zero attached hydrogens (tertiary/aromatic N) is 1. The largest absolute Gasteiger partial charge is 0.416 e. The molecular weight excluding hydrogens is 446 g/mol. The van der Waals surface area contributed by atoms with Crippen LogP contribution in [0.2, 0.25) is 0 Å². The van der Waals surface area contributed by atoms with Crippen LogP contribution in [-0.2, 0) is 22.6 Å². The van der Waals surface area contributed by atoms with Crippen LogP contribution in [0.15, 0.2) is 48.5 Å². The van der Waals surface area contributed by atoms with Crippen LogP contribution in [-0.4, -0.2) is 31.1 Å². The zero-order valence-electron chi connectivity index (χ0n) is 18.5. The summed E-state index contributed by atoms with van der Waals surface area (Å²) in [5.41, 5.74) is 3.98. The summed E-state index contributed by atoms with van der Waals surface area (Å²) in [6, 6.07) is 11.4. The van der Waals surface area contributed by atoms with E-state index < -0.39 is 29.6 Å². The van der Waals surface area contributed by atoms with Crippen LogP contribution in [0.3, 0.4) is 0 Å². The van der Waals surface area contributed by atoms with Crippen molar-refractivity contribution in [3.63, 3.8) is 0 Å². The molecule has 9 heteroatoms. The van der Waals surface area contributed by atoms with Gasteiger partial charge in [0.2, 0.25) is 0 Å². The van der Waals surface area contributed by atoms with Gasteiger partial charge >= 0.3 is 12.4 Å². The minimum absolute atomic E-state index is 0.0394. The number of likely N-dealkylation sites (N-methyl/N-ethyl adjacent to an activating group) is 1. The van der Waals surface area contributed by atoms with Crippen molar-refractivity contribution in [2.75, 3.05) is 20.2 Å². The lowest BCUT2D eigenvalue weighted by Crippen LogP contribution is -2.54. The first-order valence-corrected chi connectivity index (χ1v) is 10.8. The summed E-state index contributed by atoms with van der Waals surface area (Å²) in [5, 5.41) is 0. The summed E-state index contributed by atoms with van der Waals surface area (Å²) in [4.78, 5) is 2.16. The standard InChI is InChI=1S/C24H28F6N2O/c1-16(17-12-19(23(25,26)27)14-20(13-17)24(28,29)30)33-11-10-22(18-6-4-3-5-7-18)9-8-21(31)15-32(22)2/h3-7,12-14,16,21H,8-11,15,31H2,1-2H3/t16-,21+,22-/m1/s1. The van der Waals surface area contributed by atoms with E-state index in [9.17, 15) is 26.3 Å². The van der Waals surface area contributed by atoms with Gasteiger partial charge in [0, 0.05) is 24.7 Å². The molecule has 2 N–H and O–H groups in total. The third kappa shape index (κ3) is 5.88. The second-order valence-electron chi connectivity index (χ2n) is 8.68. The summed E-state index contributed by atoms with van der Waals surface area (Å²) in [6.45, 7) is 2.30. The van der Waals surface area contributed by atoms with Crippen LogP contribution in [0.1, 0.15) is 54.5 Å². The fraction of sp³-hybridized carbons (Fsp3) is 0.500. The molecule has 1 aliphatic rings. The molecule has 0 aromatic heterocycles. The van der Waals surface area contributed by atoms with Crippen LogP contribution in [0, 0.1) is 0 Å². The lowest BCUT2D eigenvalue weighted by molar-refractivity contribution is -0.143. The average Bonchev–Trinajstić information content (AvgIpc) is 2.74. The summed E-state index contributed by atoms with van der Waals surface area (Å²) in [7, 11) is 1.97. The molecule has 0 radical (unpaired) electrons. The first kappa shape index (κ1) is 25.5. The van der Waals surface area contributed by atoms with Gasteiger partial charge in [-0.1, -0.05) is 30.3 Å². The van der Waals surface area contributed by atoms with E-state index in [1.807, 2.05) is 37.4 Å². The third-order valence-electron chi connectivity index (χ3n) is 6.44. The van der Waals surface area contributed by atoms with Crippen molar-refractivity contribution in [3.05, 3.63) is 70.8 Å². The second-order valence-corrected chi connectivity index (χ2v) is 8.68. The fourth-order valence-electron chi connectivity index (χ4n) is 4.52. The highest BCUT2D eigenvalue weighted by atomic mass is 19.4. The van der Waals surface area contributed by atoms with Crippen molar-refractivity contribution in [1.29, 1.82) is 0 Å². The molecule has 0 unspecified atom stereocenters. The Balaban J connectivity index is 1.80. The summed E-state index contributed by atoms with van der Waals surface area (Å²) >= 11 is 0. The number of benzene rings is 2. The molecular formula is C24H28F6N2O. The van der Waals surface area contributed by atoms with E-state index in [0.717, 1.165) is 30.5 Å². The Kier molecular flexibility index (Phi) is 7.45. The van der Waals surface area contributed by atoms with Gasteiger partial charge in [-0.25, -0.2) is 0 Å². The summed E-state index contributed by atoms with van der Waals surface area (Å²) < 4.78 is 84.9. The maximum atomic E-state index is 13.2. The number of halogens is 6. The van der Waals surface area contributed by atoms with E-state index in [0.29, 0.717) is 13.0 Å². The van der Waals surface area contributed by atoms with E-state index in [4.69, 9.17) is 10.5 Å². The van der Waals surface area contributed by atoms with Crippen LogP contribution < -0.4 is 5.73 Å². The maximum absolute atomic E-state index is 13.2. The van der Waals surface area contributed by atoms with Gasteiger partial charge < -0.3 is 10.5 Å². The molecule has 0 amide bonds. The number of nitrogens with two attached hydrogens (primary N) is 1. The smallest absolute Gasteiger partial charge is 0.374 e. The second kappa shape index (κ2) is 9.64. The van der Waals surface area contributed by atoms with Gasteiger partial charge in [-0.05, 0) is 62.6 Å². The molecule has 3 atom stereocenters. The Hall–Kier alpha value is -2.10. The molecule has 1 saturated heterocycles. The highest BCUT2D eigenvalue weighted by molar-refractivity contribution is 5.34. The average molecular weight is 474 g/mol. The predicted octanol–water partition coefficient (Wildman–Crippen LogP) is 6.14. The van der Waals surface area contributed by atoms with E-state index in [2.05, 4.69) is 4.90 Å². The van der Waals surface area contributed by atoms with Crippen molar-refractivity contribution in [1.82, 2.24) is 4.90 Å². The number of hydrogen-bond donors (Lipinski definition) is 1. The number of piperidine rings is 1. The van der Waals surface area contributed by atoms with Crippen LogP contribution in [0.5, 0.6) is 0 Å². The lowest BCUT2D eigenvalue weighted by Gasteiger charge is -2.48. The van der Waals surface area contributed by atoms with Crippen molar-refractivity contribution >= 4 is 0 Å². The molecule has 33 heavy (non-hydrogen) atoms. The first-order valence-electron chi connectivity index (χ1n) is 10.8. The van der Waals surface area contributed by atoms with Crippen molar-refractivity contribution < 1.29 is 31.1 Å². The minimum Gasteiger partial charge on any atom is -0.374 e. The molecule has 182 valence electrons. The number of hydrogen-bond acceptors (Lipinski definition) is 3. The highest BCUT2D eigenvalue weighted by Crippen LogP contribution is 2.41. The number of alkyl halides is 6. The van der Waals surface area contributed by atoms with E-state index >= 15 is 0 Å². The molecule has 0 aliphatic carbocycles. The van der Waals surface area contributed by atoms with Gasteiger partial charge in [0.05, 0.1) is 17.2 Å². The van der Waals surface area contributed by atoms with Crippen LogP contribution in [0.25, 0.3) is 0 Å². The van der Waals surface area contributed by atoms with Gasteiger partial charge in [-0.2, -0.15) is 26.3 Å². The van der Waals surface area contributed by atoms with Gasteiger partial charge in [0.1, 0.15) is 0 Å². The van der Waals surface area contributed by atoms with Gasteiger partial charge in [-0.3, -0.25) is 4.90 Å². The van der Waals surface area contributed by atoms with E-state index in [1.165, 1.54) is 6.92 Å². The van der Waals surface area contributed by atoms with Gasteiger partial charge in [0.15, 0.2) is 0 Å². The normalized spacial score (nSPS) is 23.5. The number of likely N-dealkylation sites (tertiary alicyclic amines) is 1. The third-order valence-corrected chi connectivity index (χ3v) is 6.44. The summed E-state index contributed by atoms with van der Waals surface area (Å²) in [6.07, 6.45) is -8.63. The molecule has 3 nitrogen and oxygen atoms in total. The van der Waals surface area contributed by atoms with Crippen molar-refractivity contribution in [2.24, 2.45) is 5.73 Å². The Labute approximate surface area is 189 Å². The Bertz CT molecular complexity index is 899.